The van der Waals surface area contributed by atoms with Crippen LogP contribution in [0.1, 0.15) is 11.1 Å². The van der Waals surface area contributed by atoms with E-state index in [2.05, 4.69) is 26.2 Å². The van der Waals surface area contributed by atoms with Crippen molar-refractivity contribution >= 4 is 33.1 Å². The SMILES string of the molecule is Cc1ccc(Nc2ncc(Br)cc2[N+](=O)[O-])c(C)c1. The Labute approximate surface area is 119 Å². The maximum absolute atomic E-state index is 11.0. The number of pyridine rings is 1. The first-order valence-corrected chi connectivity index (χ1v) is 6.41. The minimum absolute atomic E-state index is 0.0608. The highest BCUT2D eigenvalue weighted by atomic mass is 79.9. The third-order valence-electron chi connectivity index (χ3n) is 2.67. The third kappa shape index (κ3) is 3.08. The molecule has 0 atom stereocenters. The number of rotatable bonds is 3. The summed E-state index contributed by atoms with van der Waals surface area (Å²) >= 11 is 3.18. The van der Waals surface area contributed by atoms with Crippen LogP contribution in [0, 0.1) is 24.0 Å². The van der Waals surface area contributed by atoms with Gasteiger partial charge in [-0.2, -0.15) is 0 Å². The molecule has 0 aliphatic rings. The van der Waals surface area contributed by atoms with Gasteiger partial charge in [0.15, 0.2) is 0 Å². The molecule has 0 saturated heterocycles. The minimum atomic E-state index is -0.455. The van der Waals surface area contributed by atoms with Crippen molar-refractivity contribution in [3.63, 3.8) is 0 Å². The van der Waals surface area contributed by atoms with Gasteiger partial charge in [-0.15, -0.1) is 0 Å². The third-order valence-corrected chi connectivity index (χ3v) is 3.10. The van der Waals surface area contributed by atoms with Gasteiger partial charge in [-0.05, 0) is 41.4 Å². The molecule has 1 aromatic carbocycles. The molecule has 0 bridgehead atoms. The van der Waals surface area contributed by atoms with Crippen molar-refractivity contribution in [1.82, 2.24) is 4.98 Å². The quantitative estimate of drug-likeness (QED) is 0.682. The van der Waals surface area contributed by atoms with E-state index in [0.29, 0.717) is 4.47 Å². The van der Waals surface area contributed by atoms with Gasteiger partial charge in [0.25, 0.3) is 0 Å². The van der Waals surface area contributed by atoms with Crippen LogP contribution in [-0.4, -0.2) is 9.91 Å². The molecule has 0 fully saturated rings. The second kappa shape index (κ2) is 5.36. The molecule has 1 heterocycles. The van der Waals surface area contributed by atoms with Crippen molar-refractivity contribution in [1.29, 1.82) is 0 Å². The molecule has 0 saturated carbocycles. The molecule has 0 aliphatic heterocycles. The van der Waals surface area contributed by atoms with Crippen LogP contribution in [0.2, 0.25) is 0 Å². The van der Waals surface area contributed by atoms with E-state index in [-0.39, 0.29) is 11.5 Å². The van der Waals surface area contributed by atoms with E-state index >= 15 is 0 Å². The molecule has 2 rings (SSSR count). The maximum Gasteiger partial charge on any atom is 0.312 e. The second-order valence-electron chi connectivity index (χ2n) is 4.22. The maximum atomic E-state index is 11.0. The zero-order valence-electron chi connectivity index (χ0n) is 10.5. The van der Waals surface area contributed by atoms with Crippen LogP contribution in [0.4, 0.5) is 17.2 Å². The van der Waals surface area contributed by atoms with E-state index in [0.717, 1.165) is 16.8 Å². The van der Waals surface area contributed by atoms with Crippen LogP contribution >= 0.6 is 15.9 Å². The van der Waals surface area contributed by atoms with Crippen molar-refractivity contribution in [3.8, 4) is 0 Å². The molecular formula is C13H12BrN3O2. The summed E-state index contributed by atoms with van der Waals surface area (Å²) in [5.74, 6) is 0.236. The first kappa shape index (κ1) is 13.5. The Balaban J connectivity index is 2.40. The molecule has 2 aromatic rings. The fourth-order valence-corrected chi connectivity index (χ4v) is 2.06. The molecule has 1 aromatic heterocycles. The highest BCUT2D eigenvalue weighted by Gasteiger charge is 2.16. The van der Waals surface area contributed by atoms with Gasteiger partial charge in [0, 0.05) is 22.4 Å². The lowest BCUT2D eigenvalue weighted by Gasteiger charge is -2.09. The van der Waals surface area contributed by atoms with Gasteiger partial charge in [0.2, 0.25) is 5.82 Å². The standard InChI is InChI=1S/C13H12BrN3O2/c1-8-3-4-11(9(2)5-8)16-13-12(17(18)19)6-10(14)7-15-13/h3-7H,1-2H3,(H,15,16). The van der Waals surface area contributed by atoms with Gasteiger partial charge in [-0.1, -0.05) is 17.7 Å². The van der Waals surface area contributed by atoms with E-state index in [4.69, 9.17) is 0 Å². The average molecular weight is 322 g/mol. The normalized spacial score (nSPS) is 10.3. The van der Waals surface area contributed by atoms with E-state index in [1.165, 1.54) is 12.3 Å². The van der Waals surface area contributed by atoms with E-state index in [1.807, 2.05) is 32.0 Å². The molecule has 0 unspecified atom stereocenters. The van der Waals surface area contributed by atoms with Crippen molar-refractivity contribution in [2.75, 3.05) is 5.32 Å². The number of halogens is 1. The highest BCUT2D eigenvalue weighted by Crippen LogP contribution is 2.29. The van der Waals surface area contributed by atoms with Crippen LogP contribution in [0.15, 0.2) is 34.9 Å². The number of aromatic nitrogens is 1. The molecule has 5 nitrogen and oxygen atoms in total. The molecule has 0 amide bonds. The minimum Gasteiger partial charge on any atom is -0.334 e. The number of aryl methyl sites for hydroxylation is 2. The van der Waals surface area contributed by atoms with Crippen LogP contribution in [0.5, 0.6) is 0 Å². The van der Waals surface area contributed by atoms with Gasteiger partial charge in [-0.25, -0.2) is 4.98 Å². The highest BCUT2D eigenvalue weighted by molar-refractivity contribution is 9.10. The van der Waals surface area contributed by atoms with Gasteiger partial charge in [0.05, 0.1) is 4.92 Å². The number of hydrogen-bond acceptors (Lipinski definition) is 4. The number of anilines is 2. The number of nitro groups is 1. The van der Waals surface area contributed by atoms with E-state index < -0.39 is 4.92 Å². The van der Waals surface area contributed by atoms with Crippen molar-refractivity contribution in [2.45, 2.75) is 13.8 Å². The van der Waals surface area contributed by atoms with E-state index in [9.17, 15) is 10.1 Å². The first-order valence-electron chi connectivity index (χ1n) is 5.61. The monoisotopic (exact) mass is 321 g/mol. The van der Waals surface area contributed by atoms with Crippen LogP contribution < -0.4 is 5.32 Å². The second-order valence-corrected chi connectivity index (χ2v) is 5.14. The molecule has 19 heavy (non-hydrogen) atoms. The molecule has 0 spiro atoms. The molecule has 0 aliphatic carbocycles. The fourth-order valence-electron chi connectivity index (χ4n) is 1.75. The Morgan fingerprint density at radius 2 is 2.05 bits per heavy atom. The van der Waals surface area contributed by atoms with Crippen LogP contribution in [0.3, 0.4) is 0 Å². The Morgan fingerprint density at radius 1 is 1.32 bits per heavy atom. The first-order chi connectivity index (χ1) is 8.97. The Morgan fingerprint density at radius 3 is 2.68 bits per heavy atom. The number of hydrogen-bond donors (Lipinski definition) is 1. The van der Waals surface area contributed by atoms with Gasteiger partial charge in [-0.3, -0.25) is 10.1 Å². The van der Waals surface area contributed by atoms with Gasteiger partial charge >= 0.3 is 5.69 Å². The molecule has 98 valence electrons. The van der Waals surface area contributed by atoms with Gasteiger partial charge < -0.3 is 5.32 Å². The summed E-state index contributed by atoms with van der Waals surface area (Å²) in [7, 11) is 0. The lowest BCUT2D eigenvalue weighted by Crippen LogP contribution is -2.01. The number of nitrogens with zero attached hydrogens (tertiary/aromatic N) is 2. The zero-order valence-corrected chi connectivity index (χ0v) is 12.1. The molecule has 0 radical (unpaired) electrons. The average Bonchev–Trinajstić information content (AvgIpc) is 2.34. The Kier molecular flexibility index (Phi) is 3.80. The summed E-state index contributed by atoms with van der Waals surface area (Å²) in [6.07, 6.45) is 1.53. The van der Waals surface area contributed by atoms with Crippen molar-refractivity contribution in [2.24, 2.45) is 0 Å². The van der Waals surface area contributed by atoms with Crippen LogP contribution in [-0.2, 0) is 0 Å². The largest absolute Gasteiger partial charge is 0.334 e. The fraction of sp³-hybridized carbons (Fsp3) is 0.154. The summed E-state index contributed by atoms with van der Waals surface area (Å²) in [6.45, 7) is 3.94. The van der Waals surface area contributed by atoms with E-state index in [1.54, 1.807) is 0 Å². The Bertz CT molecular complexity index is 644. The lowest BCUT2D eigenvalue weighted by molar-refractivity contribution is -0.384. The summed E-state index contributed by atoms with van der Waals surface area (Å²) in [6, 6.07) is 7.27. The number of nitrogens with one attached hydrogen (secondary N) is 1. The zero-order chi connectivity index (χ0) is 14.0. The lowest BCUT2D eigenvalue weighted by atomic mass is 10.1. The van der Waals surface area contributed by atoms with Crippen molar-refractivity contribution < 1.29 is 4.92 Å². The molecule has 1 N–H and O–H groups in total. The topological polar surface area (TPSA) is 68.1 Å². The smallest absolute Gasteiger partial charge is 0.312 e. The predicted molar refractivity (Wildman–Crippen MR) is 77.8 cm³/mol. The predicted octanol–water partition coefficient (Wildman–Crippen LogP) is 4.11. The van der Waals surface area contributed by atoms with Crippen molar-refractivity contribution in [3.05, 3.63) is 56.2 Å². The summed E-state index contributed by atoms with van der Waals surface area (Å²) in [4.78, 5) is 14.6. The van der Waals surface area contributed by atoms with Crippen LogP contribution in [0.25, 0.3) is 0 Å². The molecular weight excluding hydrogens is 310 g/mol. The Hall–Kier alpha value is -1.95. The summed E-state index contributed by atoms with van der Waals surface area (Å²) in [5.41, 5.74) is 2.90. The summed E-state index contributed by atoms with van der Waals surface area (Å²) < 4.78 is 0.574. The van der Waals surface area contributed by atoms with Gasteiger partial charge in [0.1, 0.15) is 0 Å². The summed E-state index contributed by atoms with van der Waals surface area (Å²) in [5, 5.41) is 14.0. The molecule has 6 heteroatoms. The number of benzene rings is 1.